The molecule has 1 aliphatic rings. The molecule has 2 rings (SSSR count). The molecule has 0 saturated carbocycles. The van der Waals surface area contributed by atoms with Crippen LogP contribution in [-0.2, 0) is 23.1 Å². The Bertz CT molecular complexity index is 605. The number of aliphatic imine (C=N–C) groups is 1. The second kappa shape index (κ2) is 10.1. The predicted molar refractivity (Wildman–Crippen MR) is 101 cm³/mol. The van der Waals surface area contributed by atoms with Gasteiger partial charge in [-0.2, -0.15) is 0 Å². The topological polar surface area (TPSA) is 84.6 Å². The Morgan fingerprint density at radius 3 is 2.62 bits per heavy atom. The summed E-state index contributed by atoms with van der Waals surface area (Å²) >= 11 is 0. The predicted octanol–water partition coefficient (Wildman–Crippen LogP) is 1.64. The smallest absolute Gasteiger partial charge is 0.309 e. The van der Waals surface area contributed by atoms with Crippen LogP contribution >= 0.6 is 0 Å². The van der Waals surface area contributed by atoms with Crippen molar-refractivity contribution < 1.29 is 9.53 Å². The van der Waals surface area contributed by atoms with Gasteiger partial charge in [-0.15, -0.1) is 10.2 Å². The van der Waals surface area contributed by atoms with Crippen molar-refractivity contribution >= 4 is 11.9 Å². The van der Waals surface area contributed by atoms with Crippen LogP contribution < -0.4 is 5.32 Å². The molecular formula is C18H32N6O2. The molecule has 0 atom stereocenters. The van der Waals surface area contributed by atoms with Crippen molar-refractivity contribution in [2.24, 2.45) is 18.0 Å². The third-order valence-electron chi connectivity index (χ3n) is 4.78. The van der Waals surface area contributed by atoms with E-state index in [4.69, 9.17) is 9.73 Å². The van der Waals surface area contributed by atoms with Gasteiger partial charge < -0.3 is 19.5 Å². The summed E-state index contributed by atoms with van der Waals surface area (Å²) in [5, 5.41) is 11.7. The number of likely N-dealkylation sites (tertiary alicyclic amines) is 1. The highest BCUT2D eigenvalue weighted by molar-refractivity contribution is 5.80. The molecule has 26 heavy (non-hydrogen) atoms. The zero-order valence-corrected chi connectivity index (χ0v) is 16.5. The van der Waals surface area contributed by atoms with Gasteiger partial charge in [-0.1, -0.05) is 13.3 Å². The molecule has 0 aromatic carbocycles. The van der Waals surface area contributed by atoms with E-state index >= 15 is 0 Å². The van der Waals surface area contributed by atoms with Crippen molar-refractivity contribution in [3.8, 4) is 0 Å². The first kappa shape index (κ1) is 20.2. The maximum Gasteiger partial charge on any atom is 0.309 e. The Hall–Kier alpha value is -2.12. The maximum absolute atomic E-state index is 11.9. The van der Waals surface area contributed by atoms with Crippen LogP contribution in [0.4, 0.5) is 0 Å². The number of hydrogen-bond donors (Lipinski definition) is 1. The van der Waals surface area contributed by atoms with Gasteiger partial charge in [-0.05, 0) is 33.1 Å². The minimum absolute atomic E-state index is 0.00415. The van der Waals surface area contributed by atoms with Gasteiger partial charge >= 0.3 is 5.97 Å². The van der Waals surface area contributed by atoms with Gasteiger partial charge in [0.2, 0.25) is 0 Å². The fraction of sp³-hybridized carbons (Fsp3) is 0.778. The Kier molecular flexibility index (Phi) is 7.87. The number of unbranched alkanes of at least 4 members (excludes halogenated alkanes) is 1. The van der Waals surface area contributed by atoms with E-state index < -0.39 is 0 Å². The lowest BCUT2D eigenvalue weighted by atomic mass is 9.97. The molecule has 1 aliphatic heterocycles. The zero-order valence-electron chi connectivity index (χ0n) is 16.5. The summed E-state index contributed by atoms with van der Waals surface area (Å²) in [6, 6.07) is 0. The average Bonchev–Trinajstić information content (AvgIpc) is 2.97. The van der Waals surface area contributed by atoms with Crippen molar-refractivity contribution in [3.63, 3.8) is 0 Å². The van der Waals surface area contributed by atoms with E-state index in [0.29, 0.717) is 13.2 Å². The van der Waals surface area contributed by atoms with Crippen LogP contribution in [0.2, 0.25) is 0 Å². The second-order valence-corrected chi connectivity index (χ2v) is 6.66. The summed E-state index contributed by atoms with van der Waals surface area (Å²) < 4.78 is 7.11. The third kappa shape index (κ3) is 5.44. The van der Waals surface area contributed by atoms with Gasteiger partial charge in [0.1, 0.15) is 12.4 Å². The van der Waals surface area contributed by atoms with Crippen LogP contribution in [-0.4, -0.2) is 57.8 Å². The lowest BCUT2D eigenvalue weighted by molar-refractivity contribution is -0.149. The van der Waals surface area contributed by atoms with E-state index in [0.717, 1.165) is 62.9 Å². The summed E-state index contributed by atoms with van der Waals surface area (Å²) in [5.41, 5.74) is 0. The number of hydrogen-bond acceptors (Lipinski definition) is 5. The van der Waals surface area contributed by atoms with Crippen molar-refractivity contribution in [2.75, 3.05) is 26.2 Å². The van der Waals surface area contributed by atoms with E-state index in [9.17, 15) is 4.79 Å². The number of rotatable bonds is 7. The number of aryl methyl sites for hydroxylation is 1. The van der Waals surface area contributed by atoms with Crippen LogP contribution in [0.3, 0.4) is 0 Å². The zero-order chi connectivity index (χ0) is 18.9. The Morgan fingerprint density at radius 1 is 1.31 bits per heavy atom. The number of esters is 1. The van der Waals surface area contributed by atoms with Crippen LogP contribution in [0.5, 0.6) is 0 Å². The van der Waals surface area contributed by atoms with Gasteiger partial charge in [0.15, 0.2) is 11.8 Å². The number of carbonyl (C=O) groups excluding carboxylic acids is 1. The first-order valence-electron chi connectivity index (χ1n) is 9.61. The molecule has 1 aromatic rings. The van der Waals surface area contributed by atoms with Crippen molar-refractivity contribution in [3.05, 3.63) is 11.6 Å². The third-order valence-corrected chi connectivity index (χ3v) is 4.78. The van der Waals surface area contributed by atoms with Gasteiger partial charge in [-0.25, -0.2) is 4.99 Å². The highest BCUT2D eigenvalue weighted by Crippen LogP contribution is 2.19. The normalized spacial score (nSPS) is 16.0. The number of carbonyl (C=O) groups is 1. The molecule has 1 saturated heterocycles. The molecule has 0 spiro atoms. The van der Waals surface area contributed by atoms with E-state index in [-0.39, 0.29) is 11.9 Å². The number of piperidine rings is 1. The molecule has 1 N–H and O–H groups in total. The molecule has 0 amide bonds. The van der Waals surface area contributed by atoms with E-state index in [1.54, 1.807) is 0 Å². The fourth-order valence-electron chi connectivity index (χ4n) is 2.97. The number of guanidine groups is 1. The van der Waals surface area contributed by atoms with Crippen LogP contribution in [0, 0.1) is 12.8 Å². The molecule has 0 aliphatic carbocycles. The first-order valence-corrected chi connectivity index (χ1v) is 9.61. The van der Waals surface area contributed by atoms with E-state index in [2.05, 4.69) is 27.3 Å². The number of aromatic nitrogens is 3. The maximum atomic E-state index is 11.9. The number of nitrogens with zero attached hydrogens (tertiary/aromatic N) is 5. The Balaban J connectivity index is 1.99. The highest BCUT2D eigenvalue weighted by atomic mass is 16.5. The molecule has 2 heterocycles. The molecule has 1 aromatic heterocycles. The average molecular weight is 364 g/mol. The van der Waals surface area contributed by atoms with E-state index in [1.165, 1.54) is 0 Å². The minimum atomic E-state index is -0.0702. The fourth-order valence-corrected chi connectivity index (χ4v) is 2.97. The van der Waals surface area contributed by atoms with Crippen molar-refractivity contribution in [1.29, 1.82) is 0 Å². The standard InChI is InChI=1S/C18H32N6O2/c1-5-7-10-19-18(20-13-16-22-21-14(3)23(16)4)24-11-8-15(9-12-24)17(25)26-6-2/h15H,5-13H2,1-4H3,(H,19,20). The molecule has 0 radical (unpaired) electrons. The van der Waals surface area contributed by atoms with Crippen LogP contribution in [0.1, 0.15) is 51.2 Å². The molecule has 8 nitrogen and oxygen atoms in total. The first-order chi connectivity index (χ1) is 12.6. The molecule has 0 bridgehead atoms. The lowest BCUT2D eigenvalue weighted by Crippen LogP contribution is -2.47. The molecule has 146 valence electrons. The van der Waals surface area contributed by atoms with Gasteiger partial charge in [0.05, 0.1) is 12.5 Å². The minimum Gasteiger partial charge on any atom is -0.466 e. The van der Waals surface area contributed by atoms with Crippen molar-refractivity contribution in [1.82, 2.24) is 25.0 Å². The molecule has 0 unspecified atom stereocenters. The summed E-state index contributed by atoms with van der Waals surface area (Å²) in [7, 11) is 1.95. The SMILES string of the molecule is CCCCNC(=NCc1nnc(C)n1C)N1CCC(C(=O)OCC)CC1. The van der Waals surface area contributed by atoms with E-state index in [1.807, 2.05) is 25.5 Å². The molecule has 8 heteroatoms. The Labute approximate surface area is 156 Å². The number of nitrogens with one attached hydrogen (secondary N) is 1. The number of ether oxygens (including phenoxy) is 1. The van der Waals surface area contributed by atoms with Gasteiger partial charge in [0.25, 0.3) is 0 Å². The summed E-state index contributed by atoms with van der Waals surface area (Å²) in [5.74, 6) is 2.55. The van der Waals surface area contributed by atoms with Crippen molar-refractivity contribution in [2.45, 2.75) is 53.0 Å². The quantitative estimate of drug-likeness (QED) is 0.343. The second-order valence-electron chi connectivity index (χ2n) is 6.66. The Morgan fingerprint density at radius 2 is 2.04 bits per heavy atom. The van der Waals surface area contributed by atoms with Gasteiger partial charge in [0, 0.05) is 26.7 Å². The van der Waals surface area contributed by atoms with Crippen LogP contribution in [0.15, 0.2) is 4.99 Å². The largest absolute Gasteiger partial charge is 0.466 e. The lowest BCUT2D eigenvalue weighted by Gasteiger charge is -2.33. The molecule has 1 fully saturated rings. The monoisotopic (exact) mass is 364 g/mol. The van der Waals surface area contributed by atoms with Gasteiger partial charge in [-0.3, -0.25) is 4.79 Å². The molecular weight excluding hydrogens is 332 g/mol. The summed E-state index contributed by atoms with van der Waals surface area (Å²) in [6.07, 6.45) is 3.84. The summed E-state index contributed by atoms with van der Waals surface area (Å²) in [6.45, 7) is 9.39. The van der Waals surface area contributed by atoms with Crippen LogP contribution in [0.25, 0.3) is 0 Å². The highest BCUT2D eigenvalue weighted by Gasteiger charge is 2.27. The summed E-state index contributed by atoms with van der Waals surface area (Å²) in [4.78, 5) is 18.9.